The van der Waals surface area contributed by atoms with Crippen molar-refractivity contribution in [3.05, 3.63) is 78.4 Å². The van der Waals surface area contributed by atoms with Crippen molar-refractivity contribution in [2.75, 3.05) is 10.8 Å². The molecule has 3 heterocycles. The van der Waals surface area contributed by atoms with Gasteiger partial charge < -0.3 is 4.74 Å². The van der Waals surface area contributed by atoms with Gasteiger partial charge in [-0.25, -0.2) is 0 Å². The zero-order valence-electron chi connectivity index (χ0n) is 15.6. The van der Waals surface area contributed by atoms with Crippen LogP contribution in [0.1, 0.15) is 16.2 Å². The Hall–Kier alpha value is -3.72. The predicted octanol–water partition coefficient (Wildman–Crippen LogP) is 2.82. The molecule has 1 aliphatic heterocycles. The lowest BCUT2D eigenvalue weighted by atomic mass is 10.1. The number of carbonyl (C=O) groups excluding carboxylic acids is 2. The van der Waals surface area contributed by atoms with Crippen LogP contribution in [0.3, 0.4) is 0 Å². The van der Waals surface area contributed by atoms with Crippen molar-refractivity contribution >= 4 is 34.3 Å². The van der Waals surface area contributed by atoms with E-state index in [4.69, 9.17) is 4.74 Å². The number of carbonyl (C=O) groups is 2. The third-order valence-electron chi connectivity index (χ3n) is 4.65. The van der Waals surface area contributed by atoms with Gasteiger partial charge in [0.15, 0.2) is 5.82 Å². The number of aromatic nitrogens is 4. The van der Waals surface area contributed by atoms with Crippen LogP contribution in [0.5, 0.6) is 5.75 Å². The Bertz CT molecular complexity index is 1260. The first-order valence-corrected chi connectivity index (χ1v) is 10.2. The van der Waals surface area contributed by atoms with E-state index < -0.39 is 5.91 Å². The molecule has 0 aliphatic carbocycles. The highest BCUT2D eigenvalue weighted by atomic mass is 32.2. The van der Waals surface area contributed by atoms with E-state index in [1.54, 1.807) is 12.1 Å². The molecule has 5 rings (SSSR count). The van der Waals surface area contributed by atoms with Crippen molar-refractivity contribution in [3.8, 4) is 5.75 Å². The minimum atomic E-state index is -0.462. The first-order chi connectivity index (χ1) is 14.7. The van der Waals surface area contributed by atoms with Crippen molar-refractivity contribution in [3.63, 3.8) is 0 Å². The number of pyridine rings is 1. The summed E-state index contributed by atoms with van der Waals surface area (Å²) in [4.78, 5) is 29.5. The summed E-state index contributed by atoms with van der Waals surface area (Å²) < 4.78 is 7.33. The summed E-state index contributed by atoms with van der Waals surface area (Å²) in [6.07, 6.45) is 3.01. The highest BCUT2D eigenvalue weighted by molar-refractivity contribution is 7.99. The minimum Gasteiger partial charge on any atom is -0.486 e. The molecule has 0 saturated heterocycles. The fourth-order valence-electron chi connectivity index (χ4n) is 3.20. The van der Waals surface area contributed by atoms with Crippen LogP contribution in [0.2, 0.25) is 0 Å². The third-order valence-corrected chi connectivity index (χ3v) is 5.55. The smallest absolute Gasteiger partial charge is 0.280 e. The Morgan fingerprint density at radius 3 is 2.67 bits per heavy atom. The van der Waals surface area contributed by atoms with Crippen LogP contribution in [0, 0.1) is 0 Å². The molecule has 8 nitrogen and oxygen atoms in total. The first kappa shape index (κ1) is 18.3. The lowest BCUT2D eigenvalue weighted by Gasteiger charge is -2.27. The molecular formula is C21H15N5O3S. The van der Waals surface area contributed by atoms with Gasteiger partial charge >= 0.3 is 0 Å². The average Bonchev–Trinajstić information content (AvgIpc) is 3.20. The number of hydrogen-bond donors (Lipinski definition) is 0. The van der Waals surface area contributed by atoms with Gasteiger partial charge in [-0.3, -0.25) is 14.6 Å². The molecule has 0 saturated carbocycles. The molecule has 0 spiro atoms. The molecule has 9 heteroatoms. The molecular weight excluding hydrogens is 402 g/mol. The van der Waals surface area contributed by atoms with Gasteiger partial charge in [-0.1, -0.05) is 42.1 Å². The maximum absolute atomic E-state index is 13.0. The molecule has 2 amide bonds. The van der Waals surface area contributed by atoms with E-state index in [0.717, 1.165) is 15.8 Å². The molecule has 1 aliphatic rings. The maximum atomic E-state index is 13.0. The zero-order chi connectivity index (χ0) is 20.5. The Morgan fingerprint density at radius 2 is 1.83 bits per heavy atom. The molecule has 4 aromatic rings. The van der Waals surface area contributed by atoms with Gasteiger partial charge in [0.2, 0.25) is 5.16 Å². The number of rotatable bonds is 4. The van der Waals surface area contributed by atoms with Crippen LogP contribution in [-0.4, -0.2) is 37.4 Å². The molecule has 0 radical (unpaired) electrons. The van der Waals surface area contributed by atoms with Crippen molar-refractivity contribution in [2.45, 2.75) is 11.8 Å². The molecule has 2 aromatic heterocycles. The summed E-state index contributed by atoms with van der Waals surface area (Å²) in [7, 11) is 0. The fourth-order valence-corrected chi connectivity index (χ4v) is 3.98. The molecule has 0 atom stereocenters. The lowest BCUT2D eigenvalue weighted by Crippen LogP contribution is -2.49. The second-order valence-electron chi connectivity index (χ2n) is 6.54. The highest BCUT2D eigenvalue weighted by Crippen LogP contribution is 2.26. The number of ether oxygens (including phenoxy) is 1. The van der Waals surface area contributed by atoms with E-state index in [0.29, 0.717) is 22.3 Å². The SMILES string of the molecule is O=C1CSc2nnc(COc3ccc4ccccc4c3)n2N1C(=O)c1ccncc1. The van der Waals surface area contributed by atoms with E-state index >= 15 is 0 Å². The van der Waals surface area contributed by atoms with E-state index in [1.807, 2.05) is 42.5 Å². The minimum absolute atomic E-state index is 0.0549. The van der Waals surface area contributed by atoms with Gasteiger partial charge in [0.1, 0.15) is 12.4 Å². The molecule has 2 aromatic carbocycles. The lowest BCUT2D eigenvalue weighted by molar-refractivity contribution is -0.117. The van der Waals surface area contributed by atoms with Crippen LogP contribution in [-0.2, 0) is 11.4 Å². The Kier molecular flexibility index (Phi) is 4.64. The number of nitrogens with zero attached hydrogens (tertiary/aromatic N) is 5. The summed E-state index contributed by atoms with van der Waals surface area (Å²) >= 11 is 1.24. The van der Waals surface area contributed by atoms with Crippen LogP contribution < -0.4 is 9.75 Å². The molecule has 148 valence electrons. The summed E-state index contributed by atoms with van der Waals surface area (Å²) in [6, 6.07) is 16.9. The highest BCUT2D eigenvalue weighted by Gasteiger charge is 2.34. The van der Waals surface area contributed by atoms with Crippen molar-refractivity contribution in [1.29, 1.82) is 0 Å². The Balaban J connectivity index is 1.44. The summed E-state index contributed by atoms with van der Waals surface area (Å²) in [5.74, 6) is 0.325. The molecule has 0 bridgehead atoms. The largest absolute Gasteiger partial charge is 0.486 e. The number of thioether (sulfide) groups is 1. The number of imide groups is 1. The maximum Gasteiger partial charge on any atom is 0.280 e. The van der Waals surface area contributed by atoms with Crippen LogP contribution in [0.15, 0.2) is 72.1 Å². The van der Waals surface area contributed by atoms with Gasteiger partial charge in [0.05, 0.1) is 5.75 Å². The average molecular weight is 417 g/mol. The molecule has 0 unspecified atom stereocenters. The van der Waals surface area contributed by atoms with Gasteiger partial charge in [0, 0.05) is 18.0 Å². The van der Waals surface area contributed by atoms with Crippen molar-refractivity contribution < 1.29 is 14.3 Å². The van der Waals surface area contributed by atoms with Gasteiger partial charge in [-0.2, -0.15) is 9.69 Å². The number of fused-ring (bicyclic) bond motifs is 2. The predicted molar refractivity (Wildman–Crippen MR) is 111 cm³/mol. The van der Waals surface area contributed by atoms with E-state index in [9.17, 15) is 9.59 Å². The molecule has 0 fully saturated rings. The first-order valence-electron chi connectivity index (χ1n) is 9.17. The zero-order valence-corrected chi connectivity index (χ0v) is 16.5. The monoisotopic (exact) mass is 417 g/mol. The Labute approximate surface area is 175 Å². The van der Waals surface area contributed by atoms with E-state index in [1.165, 1.54) is 28.8 Å². The summed E-state index contributed by atoms with van der Waals surface area (Å²) in [6.45, 7) is 0.0549. The Morgan fingerprint density at radius 1 is 1.03 bits per heavy atom. The molecule has 30 heavy (non-hydrogen) atoms. The number of benzene rings is 2. The quantitative estimate of drug-likeness (QED) is 0.472. The number of amides is 2. The summed E-state index contributed by atoms with van der Waals surface area (Å²) in [5, 5.41) is 12.0. The van der Waals surface area contributed by atoms with Gasteiger partial charge in [-0.05, 0) is 35.0 Å². The second-order valence-corrected chi connectivity index (χ2v) is 7.49. The van der Waals surface area contributed by atoms with Gasteiger partial charge in [0.25, 0.3) is 11.8 Å². The third kappa shape index (κ3) is 3.29. The van der Waals surface area contributed by atoms with Crippen molar-refractivity contribution in [2.24, 2.45) is 0 Å². The normalized spacial score (nSPS) is 13.3. The molecule has 0 N–H and O–H groups in total. The van der Waals surface area contributed by atoms with Crippen LogP contribution >= 0.6 is 11.8 Å². The fraction of sp³-hybridized carbons (Fsp3) is 0.0952. The summed E-state index contributed by atoms with van der Waals surface area (Å²) in [5.41, 5.74) is 0.353. The van der Waals surface area contributed by atoms with Crippen molar-refractivity contribution in [1.82, 2.24) is 19.9 Å². The standard InChI is InChI=1S/C21H15N5O3S/c27-19-13-30-21-24-23-18(25(21)26(19)20(28)15-7-9-22-10-8-15)12-29-17-6-5-14-3-1-2-4-16(14)11-17/h1-11H,12-13H2. The van der Waals surface area contributed by atoms with Crippen LogP contribution in [0.4, 0.5) is 0 Å². The number of hydrogen-bond acceptors (Lipinski definition) is 7. The van der Waals surface area contributed by atoms with Crippen LogP contribution in [0.25, 0.3) is 10.8 Å². The second kappa shape index (κ2) is 7.60. The van der Waals surface area contributed by atoms with Gasteiger partial charge in [-0.15, -0.1) is 10.2 Å². The van der Waals surface area contributed by atoms with E-state index in [-0.39, 0.29) is 18.3 Å². The van der Waals surface area contributed by atoms with E-state index in [2.05, 4.69) is 15.2 Å². The topological polar surface area (TPSA) is 90.2 Å².